The fourth-order valence-corrected chi connectivity index (χ4v) is 3.99. The van der Waals surface area contributed by atoms with E-state index < -0.39 is 30.8 Å². The summed E-state index contributed by atoms with van der Waals surface area (Å²) in [7, 11) is 0. The Labute approximate surface area is 211 Å². The summed E-state index contributed by atoms with van der Waals surface area (Å²) in [6.45, 7) is 0.707. The van der Waals surface area contributed by atoms with Crippen LogP contribution in [0.4, 0.5) is 23.8 Å². The summed E-state index contributed by atoms with van der Waals surface area (Å²) in [4.78, 5) is 44.2. The minimum absolute atomic E-state index is 0. The number of carbonyl (C=O) groups excluding carboxylic acids is 2. The van der Waals surface area contributed by atoms with Crippen molar-refractivity contribution in [3.63, 3.8) is 0 Å². The van der Waals surface area contributed by atoms with Crippen molar-refractivity contribution in [2.75, 3.05) is 37.7 Å². The van der Waals surface area contributed by atoms with Crippen LogP contribution in [0.2, 0.25) is 5.02 Å². The van der Waals surface area contributed by atoms with Crippen LogP contribution in [0.3, 0.4) is 0 Å². The summed E-state index contributed by atoms with van der Waals surface area (Å²) in [6, 6.07) is 2.13. The predicted molar refractivity (Wildman–Crippen MR) is 130 cm³/mol. The molecule has 0 spiro atoms. The minimum Gasteiger partial charge on any atom is -0.449 e. The van der Waals surface area contributed by atoms with Gasteiger partial charge in [0.2, 0.25) is 5.91 Å². The van der Waals surface area contributed by atoms with Crippen molar-refractivity contribution in [2.24, 2.45) is 0 Å². The van der Waals surface area contributed by atoms with Gasteiger partial charge in [0.05, 0.1) is 18.2 Å². The number of alkyl halides is 3. The van der Waals surface area contributed by atoms with Gasteiger partial charge in [0.15, 0.2) is 5.82 Å². The number of aromatic nitrogens is 4. The lowest BCUT2D eigenvalue weighted by atomic mass is 10.1. The number of hydrogen-bond acceptors (Lipinski definition) is 7. The van der Waals surface area contributed by atoms with Crippen LogP contribution in [0.5, 0.6) is 0 Å². The highest BCUT2D eigenvalue weighted by atomic mass is 35.5. The molecule has 0 unspecified atom stereocenters. The monoisotopic (exact) mass is 529 g/mol. The molecule has 1 aliphatic heterocycles. The molecule has 36 heavy (non-hydrogen) atoms. The van der Waals surface area contributed by atoms with Gasteiger partial charge in [-0.3, -0.25) is 4.79 Å². The first-order valence-electron chi connectivity index (χ1n) is 11.1. The van der Waals surface area contributed by atoms with Gasteiger partial charge in [-0.25, -0.2) is 19.7 Å². The van der Waals surface area contributed by atoms with Crippen molar-refractivity contribution in [3.05, 3.63) is 35.7 Å². The van der Waals surface area contributed by atoms with Crippen LogP contribution in [0.1, 0.15) is 16.2 Å². The standard InChI is InChI=1S/C22H23ClF3N7O3.2H2/c1-2-7-36-21(35)32-5-6-33(16(11-32)20(34)30-12-22(24,25)26)17-3-4-27-19(31-17)15-10-29-18-14(15)8-13(23)9-28-18;;/h3-4,8-10,16H,2,5-7,11-12H2,1H3,(H,28,29)(H,30,34);2*1H/t16-;;/m1../s1. The molecule has 0 aliphatic carbocycles. The highest BCUT2D eigenvalue weighted by Gasteiger charge is 2.37. The molecule has 4 heterocycles. The second-order valence-electron chi connectivity index (χ2n) is 8.09. The van der Waals surface area contributed by atoms with Crippen LogP contribution in [0, 0.1) is 0 Å². The van der Waals surface area contributed by atoms with E-state index in [0.29, 0.717) is 39.7 Å². The summed E-state index contributed by atoms with van der Waals surface area (Å²) in [5.41, 5.74) is 1.19. The van der Waals surface area contributed by atoms with Crippen molar-refractivity contribution >= 4 is 40.5 Å². The number of aromatic amines is 1. The van der Waals surface area contributed by atoms with Crippen molar-refractivity contribution < 1.29 is 30.4 Å². The first kappa shape index (κ1) is 25.5. The third-order valence-corrected chi connectivity index (χ3v) is 5.71. The molecule has 4 rings (SSSR count). The van der Waals surface area contributed by atoms with Gasteiger partial charge in [-0.2, -0.15) is 13.2 Å². The molecule has 2 N–H and O–H groups in total. The van der Waals surface area contributed by atoms with Gasteiger partial charge in [0.1, 0.15) is 24.1 Å². The zero-order valence-corrected chi connectivity index (χ0v) is 19.9. The maximum absolute atomic E-state index is 12.8. The van der Waals surface area contributed by atoms with E-state index in [2.05, 4.69) is 19.9 Å². The van der Waals surface area contributed by atoms with E-state index in [0.717, 1.165) is 0 Å². The summed E-state index contributed by atoms with van der Waals surface area (Å²) < 4.78 is 43.4. The van der Waals surface area contributed by atoms with Gasteiger partial charge in [-0.1, -0.05) is 18.5 Å². The molecule has 0 bridgehead atoms. The van der Waals surface area contributed by atoms with E-state index in [1.165, 1.54) is 17.3 Å². The van der Waals surface area contributed by atoms with Crippen LogP contribution >= 0.6 is 11.6 Å². The first-order chi connectivity index (χ1) is 17.2. The van der Waals surface area contributed by atoms with Gasteiger partial charge >= 0.3 is 12.3 Å². The Morgan fingerprint density at radius 2 is 2.14 bits per heavy atom. The minimum atomic E-state index is -4.58. The molecular formula is C22H27ClF3N7O3. The lowest BCUT2D eigenvalue weighted by Crippen LogP contribution is -2.61. The molecular weight excluding hydrogens is 503 g/mol. The van der Waals surface area contributed by atoms with Gasteiger partial charge in [0.25, 0.3) is 0 Å². The Kier molecular flexibility index (Phi) is 7.48. The number of amides is 2. The van der Waals surface area contributed by atoms with Crippen molar-refractivity contribution in [1.82, 2.24) is 30.2 Å². The molecule has 2 amide bonds. The first-order valence-corrected chi connectivity index (χ1v) is 11.5. The average Bonchev–Trinajstić information content (AvgIpc) is 3.28. The van der Waals surface area contributed by atoms with Gasteiger partial charge in [-0.15, -0.1) is 0 Å². The number of anilines is 1. The van der Waals surface area contributed by atoms with Gasteiger partial charge in [-0.05, 0) is 18.6 Å². The van der Waals surface area contributed by atoms with Crippen molar-refractivity contribution in [3.8, 4) is 11.4 Å². The topological polar surface area (TPSA) is 116 Å². The number of carbonyl (C=O) groups is 2. The number of halogens is 4. The molecule has 1 atom stereocenters. The zero-order valence-electron chi connectivity index (χ0n) is 19.2. The van der Waals surface area contributed by atoms with Crippen molar-refractivity contribution in [1.29, 1.82) is 0 Å². The quantitative estimate of drug-likeness (QED) is 0.497. The number of hydrogen-bond donors (Lipinski definition) is 2. The Morgan fingerprint density at radius 3 is 2.89 bits per heavy atom. The Morgan fingerprint density at radius 1 is 1.33 bits per heavy atom. The maximum Gasteiger partial charge on any atom is 0.409 e. The third kappa shape index (κ3) is 5.78. The Balaban J connectivity index is 0.00000253. The summed E-state index contributed by atoms with van der Waals surface area (Å²) in [5, 5.41) is 3.02. The smallest absolute Gasteiger partial charge is 0.409 e. The van der Waals surface area contributed by atoms with E-state index in [4.69, 9.17) is 16.3 Å². The highest BCUT2D eigenvalue weighted by Crippen LogP contribution is 2.29. The molecule has 14 heteroatoms. The van der Waals surface area contributed by atoms with E-state index >= 15 is 0 Å². The molecule has 0 radical (unpaired) electrons. The molecule has 3 aromatic heterocycles. The average molecular weight is 530 g/mol. The molecule has 1 saturated heterocycles. The number of ether oxygens (including phenoxy) is 1. The normalized spacial score (nSPS) is 16.3. The third-order valence-electron chi connectivity index (χ3n) is 5.51. The van der Waals surface area contributed by atoms with Crippen LogP contribution in [0.25, 0.3) is 22.4 Å². The van der Waals surface area contributed by atoms with Crippen LogP contribution in [-0.2, 0) is 9.53 Å². The largest absolute Gasteiger partial charge is 0.449 e. The van der Waals surface area contributed by atoms with E-state index in [9.17, 15) is 22.8 Å². The Hall–Kier alpha value is -3.61. The SMILES string of the molecule is CCCOC(=O)N1CCN(c2ccnc(-c3c[nH]c4ncc(Cl)cc34)n2)[C@@H](C(=O)NCC(F)(F)F)C1.[HH].[HH]. The second kappa shape index (κ2) is 10.6. The number of pyridine rings is 1. The van der Waals surface area contributed by atoms with Gasteiger partial charge < -0.3 is 24.8 Å². The summed E-state index contributed by atoms with van der Waals surface area (Å²) in [6.07, 6.45) is 0.0535. The molecule has 10 nitrogen and oxygen atoms in total. The van der Waals surface area contributed by atoms with Crippen LogP contribution in [-0.4, -0.2) is 81.8 Å². The molecule has 196 valence electrons. The zero-order chi connectivity index (χ0) is 25.9. The van der Waals surface area contributed by atoms with Gasteiger partial charge in [0, 0.05) is 45.5 Å². The lowest BCUT2D eigenvalue weighted by Gasteiger charge is -2.40. The summed E-state index contributed by atoms with van der Waals surface area (Å²) in [5.74, 6) is -0.260. The van der Waals surface area contributed by atoms with E-state index in [1.54, 1.807) is 23.2 Å². The number of nitrogens with zero attached hydrogens (tertiary/aromatic N) is 5. The molecule has 0 saturated carbocycles. The van der Waals surface area contributed by atoms with E-state index in [-0.39, 0.29) is 29.1 Å². The number of H-pyrrole nitrogens is 1. The number of fused-ring (bicyclic) bond motifs is 1. The Bertz CT molecular complexity index is 1260. The molecule has 0 aromatic carbocycles. The summed E-state index contributed by atoms with van der Waals surface area (Å²) >= 11 is 6.08. The van der Waals surface area contributed by atoms with Crippen molar-refractivity contribution in [2.45, 2.75) is 25.6 Å². The molecule has 1 fully saturated rings. The predicted octanol–water partition coefficient (Wildman–Crippen LogP) is 3.88. The van der Waals surface area contributed by atoms with Crippen LogP contribution in [0.15, 0.2) is 30.7 Å². The second-order valence-corrected chi connectivity index (χ2v) is 8.53. The molecule has 3 aromatic rings. The lowest BCUT2D eigenvalue weighted by molar-refractivity contribution is -0.139. The number of piperazine rings is 1. The number of rotatable bonds is 6. The maximum atomic E-state index is 12.8. The highest BCUT2D eigenvalue weighted by molar-refractivity contribution is 6.31. The number of nitrogens with one attached hydrogen (secondary N) is 2. The fourth-order valence-electron chi connectivity index (χ4n) is 3.83. The molecule has 1 aliphatic rings. The fraction of sp³-hybridized carbons (Fsp3) is 0.409. The van der Waals surface area contributed by atoms with E-state index in [1.807, 2.05) is 12.2 Å². The van der Waals surface area contributed by atoms with Crippen LogP contribution < -0.4 is 10.2 Å².